The van der Waals surface area contributed by atoms with E-state index in [2.05, 4.69) is 10.6 Å². The molecule has 0 aromatic carbocycles. The summed E-state index contributed by atoms with van der Waals surface area (Å²) < 4.78 is 12.7. The van der Waals surface area contributed by atoms with Crippen LogP contribution in [0.25, 0.3) is 0 Å². The SMILES string of the molecule is C[C@@H](N)C(=O)NC[C@@H]1C[C@H](F)CN1. The van der Waals surface area contributed by atoms with Crippen molar-refractivity contribution in [1.82, 2.24) is 10.6 Å². The average molecular weight is 189 g/mol. The lowest BCUT2D eigenvalue weighted by molar-refractivity contribution is -0.122. The zero-order valence-corrected chi connectivity index (χ0v) is 7.72. The van der Waals surface area contributed by atoms with Gasteiger partial charge in [-0.05, 0) is 13.3 Å². The first kappa shape index (κ1) is 10.4. The third kappa shape index (κ3) is 3.28. The standard InChI is InChI=1S/C8H16FN3O/c1-5(10)8(13)12-4-7-2-6(9)3-11-7/h5-7,11H,2-4,10H2,1H3,(H,12,13)/t5-,6+,7+/m1/s1. The minimum absolute atomic E-state index is 0.0534. The summed E-state index contributed by atoms with van der Waals surface area (Å²) in [6, 6.07) is -0.444. The van der Waals surface area contributed by atoms with Gasteiger partial charge in [0.25, 0.3) is 0 Å². The zero-order chi connectivity index (χ0) is 9.84. The van der Waals surface area contributed by atoms with Crippen LogP contribution in [0.1, 0.15) is 13.3 Å². The number of carbonyl (C=O) groups excluding carboxylic acids is 1. The molecule has 1 fully saturated rings. The van der Waals surface area contributed by atoms with Crippen LogP contribution in [0.2, 0.25) is 0 Å². The third-order valence-corrected chi connectivity index (χ3v) is 2.10. The molecule has 0 saturated carbocycles. The summed E-state index contributed by atoms with van der Waals surface area (Å²) in [6.07, 6.45) is -0.309. The number of amides is 1. The lowest BCUT2D eigenvalue weighted by Crippen LogP contribution is -2.43. The van der Waals surface area contributed by atoms with E-state index in [1.54, 1.807) is 6.92 Å². The second kappa shape index (κ2) is 4.53. The maximum atomic E-state index is 12.7. The number of nitrogens with one attached hydrogen (secondary N) is 2. The van der Waals surface area contributed by atoms with Crippen molar-refractivity contribution in [2.45, 2.75) is 31.6 Å². The van der Waals surface area contributed by atoms with Crippen molar-refractivity contribution >= 4 is 5.91 Å². The van der Waals surface area contributed by atoms with Crippen molar-refractivity contribution in [3.8, 4) is 0 Å². The number of hydrogen-bond acceptors (Lipinski definition) is 3. The van der Waals surface area contributed by atoms with Crippen LogP contribution in [0.15, 0.2) is 0 Å². The Morgan fingerprint density at radius 2 is 2.54 bits per heavy atom. The molecule has 1 saturated heterocycles. The van der Waals surface area contributed by atoms with E-state index in [1.807, 2.05) is 0 Å². The van der Waals surface area contributed by atoms with E-state index >= 15 is 0 Å². The molecule has 1 heterocycles. The Bertz CT molecular complexity index is 186. The molecule has 5 heteroatoms. The monoisotopic (exact) mass is 189 g/mol. The third-order valence-electron chi connectivity index (χ3n) is 2.10. The molecule has 0 aliphatic carbocycles. The summed E-state index contributed by atoms with van der Waals surface area (Å²) >= 11 is 0. The van der Waals surface area contributed by atoms with Gasteiger partial charge in [0, 0.05) is 19.1 Å². The van der Waals surface area contributed by atoms with E-state index in [0.717, 1.165) is 0 Å². The van der Waals surface area contributed by atoms with Crippen LogP contribution in [0.5, 0.6) is 0 Å². The van der Waals surface area contributed by atoms with Crippen molar-refractivity contribution in [3.05, 3.63) is 0 Å². The van der Waals surface area contributed by atoms with Crippen molar-refractivity contribution in [1.29, 1.82) is 0 Å². The van der Waals surface area contributed by atoms with Gasteiger partial charge in [-0.2, -0.15) is 0 Å². The topological polar surface area (TPSA) is 67.2 Å². The van der Waals surface area contributed by atoms with Crippen LogP contribution in [-0.2, 0) is 4.79 Å². The van der Waals surface area contributed by atoms with Gasteiger partial charge in [-0.1, -0.05) is 0 Å². The molecule has 1 amide bonds. The quantitative estimate of drug-likeness (QED) is 0.542. The molecule has 0 radical (unpaired) electrons. The Morgan fingerprint density at radius 1 is 1.85 bits per heavy atom. The maximum absolute atomic E-state index is 12.7. The number of alkyl halides is 1. The summed E-state index contributed by atoms with van der Waals surface area (Å²) in [5.41, 5.74) is 5.34. The Morgan fingerprint density at radius 3 is 3.00 bits per heavy atom. The molecule has 13 heavy (non-hydrogen) atoms. The molecule has 1 aliphatic heterocycles. The molecule has 3 atom stereocenters. The predicted molar refractivity (Wildman–Crippen MR) is 48.0 cm³/mol. The van der Waals surface area contributed by atoms with Crippen molar-refractivity contribution in [2.75, 3.05) is 13.1 Å². The summed E-state index contributed by atoms with van der Waals surface area (Å²) in [6.45, 7) is 2.47. The Kier molecular flexibility index (Phi) is 3.62. The summed E-state index contributed by atoms with van der Waals surface area (Å²) in [4.78, 5) is 11.0. The molecule has 76 valence electrons. The molecule has 0 spiro atoms. The number of halogens is 1. The van der Waals surface area contributed by atoms with Gasteiger partial charge in [0.1, 0.15) is 6.17 Å². The van der Waals surface area contributed by atoms with Crippen LogP contribution in [0.3, 0.4) is 0 Å². The van der Waals surface area contributed by atoms with Gasteiger partial charge in [-0.3, -0.25) is 4.79 Å². The van der Waals surface area contributed by atoms with Gasteiger partial charge >= 0.3 is 0 Å². The molecule has 0 bridgehead atoms. The fourth-order valence-electron chi connectivity index (χ4n) is 1.31. The van der Waals surface area contributed by atoms with Crippen molar-refractivity contribution in [2.24, 2.45) is 5.73 Å². The van der Waals surface area contributed by atoms with Gasteiger partial charge in [0.15, 0.2) is 0 Å². The minimum Gasteiger partial charge on any atom is -0.353 e. The lowest BCUT2D eigenvalue weighted by Gasteiger charge is -2.12. The first-order valence-corrected chi connectivity index (χ1v) is 4.50. The van der Waals surface area contributed by atoms with Crippen molar-refractivity contribution < 1.29 is 9.18 Å². The number of carbonyl (C=O) groups is 1. The normalized spacial score (nSPS) is 30.1. The van der Waals surface area contributed by atoms with E-state index in [1.165, 1.54) is 0 Å². The van der Waals surface area contributed by atoms with Crippen LogP contribution >= 0.6 is 0 Å². The van der Waals surface area contributed by atoms with Crippen molar-refractivity contribution in [3.63, 3.8) is 0 Å². The Hall–Kier alpha value is -0.680. The molecular weight excluding hydrogens is 173 g/mol. The van der Waals surface area contributed by atoms with Gasteiger partial charge in [-0.25, -0.2) is 4.39 Å². The van der Waals surface area contributed by atoms with Crippen LogP contribution in [0.4, 0.5) is 4.39 Å². The van der Waals surface area contributed by atoms with E-state index < -0.39 is 12.2 Å². The number of hydrogen-bond donors (Lipinski definition) is 3. The Labute approximate surface area is 77.1 Å². The highest BCUT2D eigenvalue weighted by Gasteiger charge is 2.23. The first-order valence-electron chi connectivity index (χ1n) is 4.50. The summed E-state index contributed by atoms with van der Waals surface area (Å²) in [7, 11) is 0. The molecule has 1 rings (SSSR count). The van der Waals surface area contributed by atoms with Gasteiger partial charge in [-0.15, -0.1) is 0 Å². The van der Waals surface area contributed by atoms with E-state index in [0.29, 0.717) is 19.5 Å². The highest BCUT2D eigenvalue weighted by Crippen LogP contribution is 2.08. The largest absolute Gasteiger partial charge is 0.353 e. The summed E-state index contributed by atoms with van der Waals surface area (Å²) in [5, 5.41) is 5.62. The van der Waals surface area contributed by atoms with Gasteiger partial charge < -0.3 is 16.4 Å². The molecule has 4 N–H and O–H groups in total. The first-order chi connectivity index (χ1) is 6.09. The predicted octanol–water partition coefficient (Wildman–Crippen LogP) is -0.850. The van der Waals surface area contributed by atoms with E-state index in [4.69, 9.17) is 5.73 Å². The molecule has 0 unspecified atom stereocenters. The highest BCUT2D eigenvalue weighted by molar-refractivity contribution is 5.80. The smallest absolute Gasteiger partial charge is 0.236 e. The van der Waals surface area contributed by atoms with Gasteiger partial charge in [0.05, 0.1) is 6.04 Å². The van der Waals surface area contributed by atoms with Crippen LogP contribution < -0.4 is 16.4 Å². The van der Waals surface area contributed by atoms with Crippen LogP contribution in [-0.4, -0.2) is 37.3 Å². The second-order valence-corrected chi connectivity index (χ2v) is 3.47. The maximum Gasteiger partial charge on any atom is 0.236 e. The molecule has 0 aromatic heterocycles. The summed E-state index contributed by atoms with van der Waals surface area (Å²) in [5.74, 6) is -0.191. The number of rotatable bonds is 3. The lowest BCUT2D eigenvalue weighted by atomic mass is 10.2. The fraction of sp³-hybridized carbons (Fsp3) is 0.875. The van der Waals surface area contributed by atoms with Crippen LogP contribution in [0, 0.1) is 0 Å². The zero-order valence-electron chi connectivity index (χ0n) is 7.72. The Balaban J connectivity index is 2.16. The number of nitrogens with two attached hydrogens (primary N) is 1. The minimum atomic E-state index is -0.780. The fourth-order valence-corrected chi connectivity index (χ4v) is 1.31. The molecule has 1 aliphatic rings. The van der Waals surface area contributed by atoms with Gasteiger partial charge in [0.2, 0.25) is 5.91 Å². The molecule has 0 aromatic rings. The highest BCUT2D eigenvalue weighted by atomic mass is 19.1. The average Bonchev–Trinajstić information content (AvgIpc) is 2.47. The molecular formula is C8H16FN3O. The second-order valence-electron chi connectivity index (χ2n) is 3.47. The van der Waals surface area contributed by atoms with E-state index in [-0.39, 0.29) is 11.9 Å². The molecule has 4 nitrogen and oxygen atoms in total. The van der Waals surface area contributed by atoms with E-state index in [9.17, 15) is 9.18 Å².